The Morgan fingerprint density at radius 2 is 0.865 bits per heavy atom. The molecule has 1 unspecified atom stereocenters. The molecular formula is C49H35N3. The van der Waals surface area contributed by atoms with Crippen molar-refractivity contribution < 1.29 is 0 Å². The summed E-state index contributed by atoms with van der Waals surface area (Å²) in [5.41, 5.74) is 17.6. The fourth-order valence-electron chi connectivity index (χ4n) is 8.71. The van der Waals surface area contributed by atoms with Crippen LogP contribution in [0, 0.1) is 0 Å². The summed E-state index contributed by atoms with van der Waals surface area (Å²) >= 11 is 0. The molecule has 1 aromatic heterocycles. The van der Waals surface area contributed by atoms with Gasteiger partial charge in [-0.25, -0.2) is 15.0 Å². The zero-order chi connectivity index (χ0) is 34.6. The molecule has 246 valence electrons. The maximum absolute atomic E-state index is 5.02. The maximum atomic E-state index is 5.02. The van der Waals surface area contributed by atoms with Gasteiger partial charge in [0.05, 0.1) is 0 Å². The monoisotopic (exact) mass is 665 g/mol. The highest BCUT2D eigenvalue weighted by Crippen LogP contribution is 2.56. The van der Waals surface area contributed by atoms with E-state index >= 15 is 0 Å². The first-order valence-electron chi connectivity index (χ1n) is 18.1. The van der Waals surface area contributed by atoms with Crippen LogP contribution in [0.1, 0.15) is 34.7 Å². The van der Waals surface area contributed by atoms with Gasteiger partial charge >= 0.3 is 0 Å². The van der Waals surface area contributed by atoms with Crippen LogP contribution < -0.4 is 0 Å². The lowest BCUT2D eigenvalue weighted by Gasteiger charge is -2.33. The van der Waals surface area contributed by atoms with Gasteiger partial charge in [-0.3, -0.25) is 0 Å². The van der Waals surface area contributed by atoms with Crippen LogP contribution in [0.5, 0.6) is 0 Å². The average molecular weight is 666 g/mol. The van der Waals surface area contributed by atoms with Crippen LogP contribution in [-0.2, 0) is 18.3 Å². The zero-order valence-corrected chi connectivity index (χ0v) is 28.9. The number of rotatable bonds is 5. The van der Waals surface area contributed by atoms with Crippen LogP contribution in [0.4, 0.5) is 0 Å². The molecule has 0 amide bonds. The van der Waals surface area contributed by atoms with Crippen LogP contribution >= 0.6 is 0 Å². The van der Waals surface area contributed by atoms with Gasteiger partial charge in [0, 0.05) is 22.1 Å². The Hall–Kier alpha value is -6.45. The summed E-state index contributed by atoms with van der Waals surface area (Å²) in [5, 5.41) is 0. The Morgan fingerprint density at radius 1 is 0.385 bits per heavy atom. The summed E-state index contributed by atoms with van der Waals surface area (Å²) in [6.45, 7) is 2.43. The minimum Gasteiger partial charge on any atom is -0.208 e. The molecule has 0 spiro atoms. The van der Waals surface area contributed by atoms with E-state index < -0.39 is 0 Å². The summed E-state index contributed by atoms with van der Waals surface area (Å²) < 4.78 is 0. The van der Waals surface area contributed by atoms with E-state index in [-0.39, 0.29) is 5.41 Å². The van der Waals surface area contributed by atoms with E-state index in [1.807, 2.05) is 36.4 Å². The van der Waals surface area contributed by atoms with Gasteiger partial charge < -0.3 is 0 Å². The summed E-state index contributed by atoms with van der Waals surface area (Å²) in [6, 6.07) is 60.6. The fourth-order valence-corrected chi connectivity index (χ4v) is 8.71. The van der Waals surface area contributed by atoms with E-state index in [9.17, 15) is 0 Å². The lowest BCUT2D eigenvalue weighted by atomic mass is 9.69. The SMILES string of the molecule is CC1(c2ccccc2)c2ccccc2-c2ccc3c(c21)CCc1c(-c2cccc(-c4nc(-c5ccccc5)nc(-c5ccccc5)n4)c2)cccc1-3. The Bertz CT molecular complexity index is 2570. The molecule has 0 radical (unpaired) electrons. The van der Waals surface area contributed by atoms with E-state index in [1.54, 1.807) is 0 Å². The molecule has 0 N–H and O–H groups in total. The molecule has 3 heteroatoms. The fraction of sp³-hybridized carbons (Fsp3) is 0.0816. The largest absolute Gasteiger partial charge is 0.208 e. The quantitative estimate of drug-likeness (QED) is 0.184. The molecule has 52 heavy (non-hydrogen) atoms. The average Bonchev–Trinajstić information content (AvgIpc) is 3.50. The van der Waals surface area contributed by atoms with Gasteiger partial charge in [0.25, 0.3) is 0 Å². The van der Waals surface area contributed by atoms with Crippen molar-refractivity contribution in [3.8, 4) is 67.5 Å². The predicted molar refractivity (Wildman–Crippen MR) is 212 cm³/mol. The second-order valence-corrected chi connectivity index (χ2v) is 14.0. The van der Waals surface area contributed by atoms with Crippen molar-refractivity contribution in [1.29, 1.82) is 0 Å². The van der Waals surface area contributed by atoms with Gasteiger partial charge in [-0.2, -0.15) is 0 Å². The molecule has 0 bridgehead atoms. The molecule has 0 fully saturated rings. The number of hydrogen-bond donors (Lipinski definition) is 0. The van der Waals surface area contributed by atoms with E-state index in [1.165, 1.54) is 61.2 Å². The third kappa shape index (κ3) is 4.77. The molecule has 7 aromatic carbocycles. The molecule has 0 aliphatic heterocycles. The minimum atomic E-state index is -0.219. The highest BCUT2D eigenvalue weighted by Gasteiger charge is 2.43. The first-order chi connectivity index (χ1) is 25.7. The number of fused-ring (bicyclic) bond motifs is 7. The van der Waals surface area contributed by atoms with Crippen LogP contribution in [0.15, 0.2) is 170 Å². The molecule has 10 rings (SSSR count). The van der Waals surface area contributed by atoms with Crippen molar-refractivity contribution in [2.75, 3.05) is 0 Å². The standard InChI is InChI=1S/C49H35N3/c1-49(36-21-9-4-10-22-36)44-26-12-11-23-41(44)43-30-28-40-38-25-14-24-37(39(38)27-29-42(40)45(43)49)34-19-13-20-35(31-34)48-51-46(32-15-5-2-6-16-32)50-47(52-48)33-17-7-3-8-18-33/h2-26,28,30-31H,27,29H2,1H3. The molecule has 1 atom stereocenters. The smallest absolute Gasteiger partial charge is 0.164 e. The van der Waals surface area contributed by atoms with Crippen LogP contribution in [0.2, 0.25) is 0 Å². The molecular weight excluding hydrogens is 631 g/mol. The van der Waals surface area contributed by atoms with Crippen molar-refractivity contribution in [3.63, 3.8) is 0 Å². The topological polar surface area (TPSA) is 38.7 Å². The van der Waals surface area contributed by atoms with Gasteiger partial charge in [-0.15, -0.1) is 0 Å². The van der Waals surface area contributed by atoms with Gasteiger partial charge in [-0.05, 0) is 87.0 Å². The molecule has 8 aromatic rings. The van der Waals surface area contributed by atoms with Crippen molar-refractivity contribution in [3.05, 3.63) is 198 Å². The van der Waals surface area contributed by atoms with Gasteiger partial charge in [0.2, 0.25) is 0 Å². The summed E-state index contributed by atoms with van der Waals surface area (Å²) in [5.74, 6) is 2.00. The van der Waals surface area contributed by atoms with Gasteiger partial charge in [-0.1, -0.05) is 164 Å². The van der Waals surface area contributed by atoms with Gasteiger partial charge in [0.15, 0.2) is 17.5 Å². The highest BCUT2D eigenvalue weighted by atomic mass is 15.0. The zero-order valence-electron chi connectivity index (χ0n) is 28.9. The second-order valence-electron chi connectivity index (χ2n) is 14.0. The van der Waals surface area contributed by atoms with Crippen molar-refractivity contribution in [2.24, 2.45) is 0 Å². The Kier molecular flexibility index (Phi) is 7.07. The third-order valence-corrected chi connectivity index (χ3v) is 11.1. The highest BCUT2D eigenvalue weighted by molar-refractivity contribution is 5.91. The Balaban J connectivity index is 1.10. The summed E-state index contributed by atoms with van der Waals surface area (Å²) in [4.78, 5) is 14.9. The summed E-state index contributed by atoms with van der Waals surface area (Å²) in [6.07, 6.45) is 1.97. The first-order valence-corrected chi connectivity index (χ1v) is 18.1. The molecule has 3 nitrogen and oxygen atoms in total. The Morgan fingerprint density at radius 3 is 1.58 bits per heavy atom. The van der Waals surface area contributed by atoms with Crippen LogP contribution in [0.25, 0.3) is 67.5 Å². The van der Waals surface area contributed by atoms with Crippen LogP contribution in [-0.4, -0.2) is 15.0 Å². The van der Waals surface area contributed by atoms with Crippen LogP contribution in [0.3, 0.4) is 0 Å². The van der Waals surface area contributed by atoms with E-state index in [0.717, 1.165) is 29.5 Å². The van der Waals surface area contributed by atoms with Crippen molar-refractivity contribution in [1.82, 2.24) is 15.0 Å². The Labute approximate surface area is 304 Å². The number of nitrogens with zero attached hydrogens (tertiary/aromatic N) is 3. The normalized spacial score (nSPS) is 15.3. The lowest BCUT2D eigenvalue weighted by Crippen LogP contribution is -2.25. The minimum absolute atomic E-state index is 0.219. The number of hydrogen-bond acceptors (Lipinski definition) is 3. The predicted octanol–water partition coefficient (Wildman–Crippen LogP) is 11.6. The molecule has 2 aliphatic carbocycles. The molecule has 0 saturated heterocycles. The molecule has 0 saturated carbocycles. The number of aromatic nitrogens is 3. The van der Waals surface area contributed by atoms with E-state index in [4.69, 9.17) is 15.0 Å². The summed E-state index contributed by atoms with van der Waals surface area (Å²) in [7, 11) is 0. The van der Waals surface area contributed by atoms with Crippen molar-refractivity contribution in [2.45, 2.75) is 25.2 Å². The second kappa shape index (κ2) is 12.1. The first kappa shape index (κ1) is 30.4. The molecule has 1 heterocycles. The maximum Gasteiger partial charge on any atom is 0.164 e. The van der Waals surface area contributed by atoms with E-state index in [0.29, 0.717) is 17.5 Å². The molecule has 2 aliphatic rings. The third-order valence-electron chi connectivity index (χ3n) is 11.1. The lowest BCUT2D eigenvalue weighted by molar-refractivity contribution is 0.699. The van der Waals surface area contributed by atoms with E-state index in [2.05, 4.69) is 140 Å². The van der Waals surface area contributed by atoms with Gasteiger partial charge in [0.1, 0.15) is 0 Å². The number of benzene rings is 7. The van der Waals surface area contributed by atoms with Crippen molar-refractivity contribution >= 4 is 0 Å².